The summed E-state index contributed by atoms with van der Waals surface area (Å²) < 4.78 is 0. The summed E-state index contributed by atoms with van der Waals surface area (Å²) in [7, 11) is 0. The fraction of sp³-hybridized carbons (Fsp3) is 0.972. The third-order valence-corrected chi connectivity index (χ3v) is 9.26. The lowest BCUT2D eigenvalue weighted by molar-refractivity contribution is 0.516. The van der Waals surface area contributed by atoms with Gasteiger partial charge in [0.25, 0.3) is 0 Å². The van der Waals surface area contributed by atoms with Crippen LogP contribution in [0.2, 0.25) is 0 Å². The molecule has 0 rings (SSSR count). The van der Waals surface area contributed by atoms with E-state index in [4.69, 9.17) is 0 Å². The van der Waals surface area contributed by atoms with Gasteiger partial charge in [-0.2, -0.15) is 11.8 Å². The lowest BCUT2D eigenvalue weighted by Gasteiger charge is -2.05. The van der Waals surface area contributed by atoms with Crippen LogP contribution in [0.3, 0.4) is 0 Å². The van der Waals surface area contributed by atoms with E-state index < -0.39 is 0 Å². The second kappa shape index (κ2) is 34.4. The highest BCUT2D eigenvalue weighted by Crippen LogP contribution is 2.17. The molecule has 0 N–H and O–H groups in total. The Hall–Kier alpha value is 0.350. The van der Waals surface area contributed by atoms with Gasteiger partial charge in [0.15, 0.2) is 0 Å². The monoisotopic (exact) mass is 538 g/mol. The van der Waals surface area contributed by atoms with E-state index in [-0.39, 0.29) is 0 Å². The van der Waals surface area contributed by atoms with Gasteiger partial charge in [-0.25, -0.2) is 0 Å². The molecule has 37 heavy (non-hydrogen) atoms. The molecule has 0 aliphatic carbocycles. The van der Waals surface area contributed by atoms with Crippen molar-refractivity contribution in [3.63, 3.8) is 0 Å². The Morgan fingerprint density at radius 1 is 0.351 bits per heavy atom. The molecule has 0 saturated heterocycles. The fourth-order valence-corrected chi connectivity index (χ4v) is 6.50. The van der Waals surface area contributed by atoms with Crippen LogP contribution in [-0.4, -0.2) is 11.5 Å². The zero-order valence-corrected chi connectivity index (χ0v) is 27.1. The van der Waals surface area contributed by atoms with Crippen LogP contribution in [0.5, 0.6) is 0 Å². The SMILES string of the molecule is [CH2]CCCCCCCCCCCCCCCCCCCCCCCCCCCSCCCCCC(C)C. The Morgan fingerprint density at radius 2 is 0.595 bits per heavy atom. The summed E-state index contributed by atoms with van der Waals surface area (Å²) in [4.78, 5) is 0. The van der Waals surface area contributed by atoms with Crippen molar-refractivity contribution in [2.45, 2.75) is 206 Å². The maximum absolute atomic E-state index is 3.93. The molecule has 0 heterocycles. The van der Waals surface area contributed by atoms with E-state index in [0.717, 1.165) is 12.3 Å². The topological polar surface area (TPSA) is 0 Å². The van der Waals surface area contributed by atoms with Gasteiger partial charge >= 0.3 is 0 Å². The molecule has 0 saturated carbocycles. The summed E-state index contributed by atoms with van der Waals surface area (Å²) >= 11 is 2.20. The molecule has 0 unspecified atom stereocenters. The van der Waals surface area contributed by atoms with Gasteiger partial charge in [0.1, 0.15) is 0 Å². The highest BCUT2D eigenvalue weighted by Gasteiger charge is 1.98. The van der Waals surface area contributed by atoms with Gasteiger partial charge in [-0.05, 0) is 30.3 Å². The van der Waals surface area contributed by atoms with E-state index in [1.807, 2.05) is 0 Å². The second-order valence-electron chi connectivity index (χ2n) is 12.5. The van der Waals surface area contributed by atoms with Crippen LogP contribution in [0.15, 0.2) is 0 Å². The molecule has 0 atom stereocenters. The standard InChI is InChI=1S/C36H73S/c1-4-5-6-7-8-9-10-11-12-13-14-15-16-17-18-19-20-21-22-23-24-25-26-27-28-31-34-37-35-32-29-30-33-36(2)3/h36H,1,4-35H2,2-3H3. The van der Waals surface area contributed by atoms with Crippen molar-refractivity contribution in [3.05, 3.63) is 6.92 Å². The molecule has 0 spiro atoms. The lowest BCUT2D eigenvalue weighted by atomic mass is 10.0. The first-order chi connectivity index (χ1) is 18.3. The molecule has 0 aliphatic heterocycles. The number of thioether (sulfide) groups is 1. The average molecular weight is 538 g/mol. The zero-order chi connectivity index (χ0) is 26.9. The molecule has 1 heteroatoms. The summed E-state index contributed by atoms with van der Waals surface area (Å²) in [6.45, 7) is 8.61. The first-order valence-corrected chi connectivity index (χ1v) is 18.8. The smallest absolute Gasteiger partial charge is 0.00675 e. The maximum atomic E-state index is 3.93. The Kier molecular flexibility index (Phi) is 34.7. The van der Waals surface area contributed by atoms with E-state index in [1.165, 1.54) is 198 Å². The molecule has 0 amide bonds. The van der Waals surface area contributed by atoms with E-state index in [9.17, 15) is 0 Å². The lowest BCUT2D eigenvalue weighted by Crippen LogP contribution is -1.89. The minimum Gasteiger partial charge on any atom is -0.162 e. The molecule has 1 radical (unpaired) electrons. The number of unbranched alkanes of at least 4 members (excludes halogenated alkanes) is 27. The third kappa shape index (κ3) is 36.4. The normalized spacial score (nSPS) is 11.7. The Bertz CT molecular complexity index is 377. The molecule has 0 aromatic heterocycles. The van der Waals surface area contributed by atoms with Crippen molar-refractivity contribution in [2.24, 2.45) is 5.92 Å². The third-order valence-electron chi connectivity index (χ3n) is 8.11. The first-order valence-electron chi connectivity index (χ1n) is 17.6. The summed E-state index contributed by atoms with van der Waals surface area (Å²) in [5, 5.41) is 0. The highest BCUT2D eigenvalue weighted by molar-refractivity contribution is 7.99. The summed E-state index contributed by atoms with van der Waals surface area (Å²) in [6, 6.07) is 0. The second-order valence-corrected chi connectivity index (χ2v) is 13.8. The maximum Gasteiger partial charge on any atom is -0.00675 e. The van der Waals surface area contributed by atoms with Gasteiger partial charge in [-0.1, -0.05) is 201 Å². The van der Waals surface area contributed by atoms with Crippen LogP contribution in [0.25, 0.3) is 0 Å². The fourth-order valence-electron chi connectivity index (χ4n) is 5.48. The molecule has 0 aromatic rings. The highest BCUT2D eigenvalue weighted by atomic mass is 32.2. The van der Waals surface area contributed by atoms with E-state index in [1.54, 1.807) is 0 Å². The first kappa shape index (κ1) is 37.4. The summed E-state index contributed by atoms with van der Waals surface area (Å²) in [5.41, 5.74) is 0. The van der Waals surface area contributed by atoms with Crippen molar-refractivity contribution in [1.82, 2.24) is 0 Å². The molecule has 0 aromatic carbocycles. The Labute approximate surface area is 242 Å². The van der Waals surface area contributed by atoms with Crippen molar-refractivity contribution >= 4 is 11.8 Å². The van der Waals surface area contributed by atoms with Crippen LogP contribution in [0.4, 0.5) is 0 Å². The van der Waals surface area contributed by atoms with Crippen LogP contribution < -0.4 is 0 Å². The van der Waals surface area contributed by atoms with E-state index in [0.29, 0.717) is 0 Å². The van der Waals surface area contributed by atoms with Crippen LogP contribution in [0.1, 0.15) is 206 Å². The molecule has 0 fully saturated rings. The Balaban J connectivity index is 3.01. The van der Waals surface area contributed by atoms with Gasteiger partial charge in [-0.15, -0.1) is 0 Å². The molecule has 0 bridgehead atoms. The zero-order valence-electron chi connectivity index (χ0n) is 26.3. The van der Waals surface area contributed by atoms with Gasteiger partial charge in [0.05, 0.1) is 0 Å². The van der Waals surface area contributed by atoms with Crippen molar-refractivity contribution in [1.29, 1.82) is 0 Å². The minimum absolute atomic E-state index is 0.889. The van der Waals surface area contributed by atoms with Crippen molar-refractivity contribution < 1.29 is 0 Å². The largest absolute Gasteiger partial charge is 0.162 e. The number of hydrogen-bond acceptors (Lipinski definition) is 1. The quantitative estimate of drug-likeness (QED) is 0.0750. The molecular formula is C36H73S. The van der Waals surface area contributed by atoms with Crippen LogP contribution in [-0.2, 0) is 0 Å². The number of rotatable bonds is 33. The predicted molar refractivity (Wildman–Crippen MR) is 176 cm³/mol. The number of hydrogen-bond donors (Lipinski definition) is 0. The molecule has 223 valence electrons. The molecular weight excluding hydrogens is 464 g/mol. The van der Waals surface area contributed by atoms with Crippen molar-refractivity contribution in [2.75, 3.05) is 11.5 Å². The molecule has 0 aliphatic rings. The minimum atomic E-state index is 0.889. The van der Waals surface area contributed by atoms with Crippen LogP contribution >= 0.6 is 11.8 Å². The van der Waals surface area contributed by atoms with Gasteiger partial charge in [0, 0.05) is 0 Å². The average Bonchev–Trinajstić information content (AvgIpc) is 2.89. The van der Waals surface area contributed by atoms with Crippen LogP contribution in [0, 0.1) is 12.8 Å². The van der Waals surface area contributed by atoms with Gasteiger partial charge in [0.2, 0.25) is 0 Å². The predicted octanol–water partition coefficient (Wildman–Crippen LogP) is 13.9. The summed E-state index contributed by atoms with van der Waals surface area (Å²) in [5.74, 6) is 3.69. The Morgan fingerprint density at radius 3 is 0.865 bits per heavy atom. The summed E-state index contributed by atoms with van der Waals surface area (Å²) in [6.07, 6.45) is 43.7. The van der Waals surface area contributed by atoms with E-state index >= 15 is 0 Å². The van der Waals surface area contributed by atoms with Gasteiger partial charge in [-0.3, -0.25) is 0 Å². The van der Waals surface area contributed by atoms with E-state index in [2.05, 4.69) is 32.5 Å². The van der Waals surface area contributed by atoms with Gasteiger partial charge < -0.3 is 0 Å². The van der Waals surface area contributed by atoms with Crippen molar-refractivity contribution in [3.8, 4) is 0 Å². The molecule has 0 nitrogen and oxygen atoms in total.